The molecule has 0 bridgehead atoms. The molecule has 1 aliphatic carbocycles. The van der Waals surface area contributed by atoms with Crippen LogP contribution in [0.2, 0.25) is 5.02 Å². The number of benzene rings is 2. The first-order chi connectivity index (χ1) is 18.5. The molecule has 2 aliphatic rings. The zero-order valence-corrected chi connectivity index (χ0v) is 21.0. The van der Waals surface area contributed by atoms with Crippen molar-refractivity contribution >= 4 is 34.7 Å². The highest BCUT2D eigenvalue weighted by Gasteiger charge is 2.36. The smallest absolute Gasteiger partial charge is 0.411 e. The molecule has 11 heteroatoms. The summed E-state index contributed by atoms with van der Waals surface area (Å²) in [5, 5.41) is 25.7. The summed E-state index contributed by atoms with van der Waals surface area (Å²) >= 11 is 6.31. The Morgan fingerprint density at radius 2 is 2.00 bits per heavy atom. The van der Waals surface area contributed by atoms with Crippen LogP contribution in [0.1, 0.15) is 41.7 Å². The van der Waals surface area contributed by atoms with Crippen molar-refractivity contribution in [3.8, 4) is 16.8 Å². The molecule has 0 spiro atoms. The SMILES string of the molecule is COC(=O)Nc1ccc(C2=CN=C(C3CC(O)c4cc(-c5cc(Cl)ccc5-n5cnnn5)cnc43)C2)cc1. The lowest BCUT2D eigenvalue weighted by molar-refractivity contribution is 0.178. The summed E-state index contributed by atoms with van der Waals surface area (Å²) in [5.74, 6) is -0.0820. The molecule has 190 valence electrons. The molecular formula is C27H22ClN7O3. The van der Waals surface area contributed by atoms with Crippen LogP contribution in [-0.2, 0) is 4.74 Å². The second-order valence-electron chi connectivity index (χ2n) is 9.06. The fraction of sp³-hybridized carbons (Fsp3) is 0.185. The first-order valence-corrected chi connectivity index (χ1v) is 12.3. The van der Waals surface area contributed by atoms with E-state index >= 15 is 0 Å². The van der Waals surface area contributed by atoms with Crippen LogP contribution >= 0.6 is 11.6 Å². The second kappa shape index (κ2) is 9.81. The minimum Gasteiger partial charge on any atom is -0.453 e. The average Bonchev–Trinajstić information content (AvgIpc) is 3.70. The molecular weight excluding hydrogens is 506 g/mol. The molecule has 0 saturated carbocycles. The first-order valence-electron chi connectivity index (χ1n) is 11.9. The fourth-order valence-electron chi connectivity index (χ4n) is 4.94. The third-order valence-corrected chi connectivity index (χ3v) is 7.05. The van der Waals surface area contributed by atoms with Gasteiger partial charge in [0.1, 0.15) is 6.33 Å². The van der Waals surface area contributed by atoms with Crippen molar-refractivity contribution in [3.05, 3.63) is 89.1 Å². The van der Waals surface area contributed by atoms with Crippen LogP contribution in [0, 0.1) is 0 Å². The van der Waals surface area contributed by atoms with Gasteiger partial charge in [-0.05, 0) is 64.4 Å². The fourth-order valence-corrected chi connectivity index (χ4v) is 5.11. The normalized spacial score (nSPS) is 18.1. The maximum atomic E-state index is 11.4. The van der Waals surface area contributed by atoms with E-state index in [2.05, 4.69) is 25.6 Å². The van der Waals surface area contributed by atoms with Crippen LogP contribution < -0.4 is 5.32 Å². The van der Waals surface area contributed by atoms with E-state index in [1.165, 1.54) is 13.4 Å². The Morgan fingerprint density at radius 3 is 2.76 bits per heavy atom. The van der Waals surface area contributed by atoms with E-state index in [0.29, 0.717) is 23.6 Å². The van der Waals surface area contributed by atoms with E-state index in [9.17, 15) is 9.90 Å². The average molecular weight is 528 g/mol. The van der Waals surface area contributed by atoms with Crippen molar-refractivity contribution in [1.29, 1.82) is 0 Å². The highest BCUT2D eigenvalue weighted by Crippen LogP contribution is 2.44. The van der Waals surface area contributed by atoms with E-state index in [4.69, 9.17) is 21.6 Å². The minimum atomic E-state index is -0.659. The summed E-state index contributed by atoms with van der Waals surface area (Å²) in [6.07, 6.45) is 5.17. The number of aliphatic hydroxyl groups excluding tert-OH is 1. The molecule has 0 saturated heterocycles. The molecule has 6 rings (SSSR count). The lowest BCUT2D eigenvalue weighted by atomic mass is 9.93. The largest absolute Gasteiger partial charge is 0.453 e. The highest BCUT2D eigenvalue weighted by molar-refractivity contribution is 6.31. The summed E-state index contributed by atoms with van der Waals surface area (Å²) in [5.41, 5.74) is 7.68. The Labute approximate surface area is 222 Å². The predicted octanol–water partition coefficient (Wildman–Crippen LogP) is 4.96. The number of nitrogens with zero attached hydrogens (tertiary/aromatic N) is 6. The molecule has 10 nitrogen and oxygen atoms in total. The van der Waals surface area contributed by atoms with Gasteiger partial charge in [-0.15, -0.1) is 5.10 Å². The molecule has 2 N–H and O–H groups in total. The third kappa shape index (κ3) is 4.44. The van der Waals surface area contributed by atoms with E-state index in [-0.39, 0.29) is 5.92 Å². The van der Waals surface area contributed by atoms with E-state index < -0.39 is 12.2 Å². The van der Waals surface area contributed by atoms with Crippen molar-refractivity contribution < 1.29 is 14.6 Å². The number of amides is 1. The van der Waals surface area contributed by atoms with Gasteiger partial charge in [0, 0.05) is 57.8 Å². The van der Waals surface area contributed by atoms with Gasteiger partial charge in [-0.25, -0.2) is 4.79 Å². The number of hydrogen-bond donors (Lipinski definition) is 2. The second-order valence-corrected chi connectivity index (χ2v) is 9.50. The zero-order valence-electron chi connectivity index (χ0n) is 20.2. The van der Waals surface area contributed by atoms with Gasteiger partial charge in [-0.2, -0.15) is 4.68 Å². The number of carbonyl (C=O) groups is 1. The van der Waals surface area contributed by atoms with Crippen LogP contribution in [0.4, 0.5) is 10.5 Å². The summed E-state index contributed by atoms with van der Waals surface area (Å²) in [4.78, 5) is 20.9. The molecule has 0 radical (unpaired) electrons. The number of allylic oxidation sites excluding steroid dienone is 1. The van der Waals surface area contributed by atoms with Crippen LogP contribution in [-0.4, -0.2) is 49.2 Å². The highest BCUT2D eigenvalue weighted by atomic mass is 35.5. The number of carbonyl (C=O) groups excluding carboxylic acids is 1. The maximum absolute atomic E-state index is 11.4. The number of pyridine rings is 1. The molecule has 2 aromatic carbocycles. The number of ether oxygens (including phenoxy) is 1. The molecule has 4 aromatic rings. The van der Waals surface area contributed by atoms with Gasteiger partial charge in [-0.1, -0.05) is 23.7 Å². The van der Waals surface area contributed by atoms with E-state index in [1.807, 2.05) is 48.7 Å². The lowest BCUT2D eigenvalue weighted by Crippen LogP contribution is -2.11. The standard InChI is InChI=1S/C27H22ClN7O3/c1-38-27(37)32-19-5-2-15(3-6-19)16-9-23(29-12-16)21-11-25(36)22-8-17(13-30-26(21)22)20-10-18(28)4-7-24(20)35-14-31-33-34-35/h2-8,10,12-14,21,25,36H,9,11H2,1H3,(H,32,37). The van der Waals surface area contributed by atoms with Gasteiger partial charge in [0.2, 0.25) is 0 Å². The molecule has 0 fully saturated rings. The quantitative estimate of drug-likeness (QED) is 0.375. The monoisotopic (exact) mass is 527 g/mol. The number of aliphatic hydroxyl groups is 1. The molecule has 1 amide bonds. The molecule has 2 atom stereocenters. The summed E-state index contributed by atoms with van der Waals surface area (Å²) in [6, 6.07) is 14.9. The molecule has 1 aliphatic heterocycles. The zero-order chi connectivity index (χ0) is 26.2. The van der Waals surface area contributed by atoms with Crippen LogP contribution in [0.3, 0.4) is 0 Å². The minimum absolute atomic E-state index is 0.0820. The van der Waals surface area contributed by atoms with E-state index in [1.54, 1.807) is 16.9 Å². The molecule has 2 aromatic heterocycles. The number of tetrazole rings is 1. The summed E-state index contributed by atoms with van der Waals surface area (Å²) in [6.45, 7) is 0. The summed E-state index contributed by atoms with van der Waals surface area (Å²) in [7, 11) is 1.32. The third-order valence-electron chi connectivity index (χ3n) is 6.81. The predicted molar refractivity (Wildman–Crippen MR) is 142 cm³/mol. The van der Waals surface area contributed by atoms with Gasteiger partial charge in [0.05, 0.1) is 24.6 Å². The van der Waals surface area contributed by atoms with Gasteiger partial charge in [0.15, 0.2) is 0 Å². The number of fused-ring (bicyclic) bond motifs is 1. The Balaban J connectivity index is 1.23. The molecule has 38 heavy (non-hydrogen) atoms. The van der Waals surface area contributed by atoms with Crippen LogP contribution in [0.15, 0.2) is 72.2 Å². The number of halogens is 1. The number of nitrogens with one attached hydrogen (secondary N) is 1. The number of hydrogen-bond acceptors (Lipinski definition) is 8. The Bertz CT molecular complexity index is 1580. The lowest BCUT2D eigenvalue weighted by Gasteiger charge is -2.13. The van der Waals surface area contributed by atoms with Crippen molar-refractivity contribution in [3.63, 3.8) is 0 Å². The number of rotatable bonds is 5. The van der Waals surface area contributed by atoms with Gasteiger partial charge < -0.3 is 9.84 Å². The van der Waals surface area contributed by atoms with E-state index in [0.717, 1.165) is 44.9 Å². The van der Waals surface area contributed by atoms with Gasteiger partial charge in [0.25, 0.3) is 0 Å². The number of anilines is 1. The van der Waals surface area contributed by atoms with Crippen LogP contribution in [0.5, 0.6) is 0 Å². The van der Waals surface area contributed by atoms with Crippen LogP contribution in [0.25, 0.3) is 22.4 Å². The van der Waals surface area contributed by atoms with Crippen molar-refractivity contribution in [2.45, 2.75) is 24.9 Å². The maximum Gasteiger partial charge on any atom is 0.411 e. The number of aromatic nitrogens is 5. The van der Waals surface area contributed by atoms with Gasteiger partial charge >= 0.3 is 6.09 Å². The topological polar surface area (TPSA) is 127 Å². The number of aliphatic imine (C=N–C) groups is 1. The van der Waals surface area contributed by atoms with Crippen molar-refractivity contribution in [2.24, 2.45) is 4.99 Å². The molecule has 2 unspecified atom stereocenters. The Morgan fingerprint density at radius 1 is 1.16 bits per heavy atom. The van der Waals surface area contributed by atoms with Crippen molar-refractivity contribution in [1.82, 2.24) is 25.2 Å². The Kier molecular flexibility index (Phi) is 6.18. The van der Waals surface area contributed by atoms with Crippen molar-refractivity contribution in [2.75, 3.05) is 12.4 Å². The molecule has 3 heterocycles. The number of methoxy groups -OCH3 is 1. The Hall–Kier alpha value is -4.41. The summed E-state index contributed by atoms with van der Waals surface area (Å²) < 4.78 is 6.20. The first kappa shape index (κ1) is 24.0. The van der Waals surface area contributed by atoms with Gasteiger partial charge in [-0.3, -0.25) is 15.3 Å².